The van der Waals surface area contributed by atoms with Gasteiger partial charge in [0.25, 0.3) is 0 Å². The van der Waals surface area contributed by atoms with Gasteiger partial charge in [-0.1, -0.05) is 27.7 Å². The lowest BCUT2D eigenvalue weighted by atomic mass is 9.84. The first-order valence-electron chi connectivity index (χ1n) is 4.84. The molecule has 0 aromatic heterocycles. The molecule has 0 aromatic carbocycles. The normalized spacial score (nSPS) is 32.8. The summed E-state index contributed by atoms with van der Waals surface area (Å²) in [5.74, 6) is 0. The van der Waals surface area contributed by atoms with Crippen molar-refractivity contribution in [1.82, 2.24) is 5.06 Å². The average Bonchev–Trinajstić information content (AvgIpc) is 2.29. The van der Waals surface area contributed by atoms with Crippen LogP contribution in [-0.2, 0) is 4.84 Å². The molecule has 2 atom stereocenters. The van der Waals surface area contributed by atoms with Gasteiger partial charge in [-0.25, -0.2) is 0 Å². The molecule has 0 aromatic rings. The maximum absolute atomic E-state index is 5.68. The van der Waals surface area contributed by atoms with Crippen molar-refractivity contribution in [3.63, 3.8) is 0 Å². The molecule has 1 heterocycles. The molecule has 2 nitrogen and oxygen atoms in total. The van der Waals surface area contributed by atoms with Crippen molar-refractivity contribution in [2.75, 3.05) is 7.05 Å². The summed E-state index contributed by atoms with van der Waals surface area (Å²) in [7, 11) is 2.05. The molecule has 0 amide bonds. The number of hydrogen-bond donors (Lipinski definition) is 0. The van der Waals surface area contributed by atoms with Crippen LogP contribution in [-0.4, -0.2) is 24.3 Å². The minimum Gasteiger partial charge on any atom is -0.296 e. The Morgan fingerprint density at radius 2 is 2.00 bits per heavy atom. The SMILES string of the molecule is CCC1CC(C(C)(C)C)N(C)O1. The van der Waals surface area contributed by atoms with Gasteiger partial charge in [0.15, 0.2) is 0 Å². The summed E-state index contributed by atoms with van der Waals surface area (Å²) in [6, 6.07) is 0.572. The van der Waals surface area contributed by atoms with Gasteiger partial charge in [0.2, 0.25) is 0 Å². The first-order chi connectivity index (χ1) is 5.45. The summed E-state index contributed by atoms with van der Waals surface area (Å²) in [5, 5.41) is 2.04. The zero-order chi connectivity index (χ0) is 9.35. The summed E-state index contributed by atoms with van der Waals surface area (Å²) >= 11 is 0. The molecule has 72 valence electrons. The Bertz CT molecular complexity index is 150. The molecule has 0 aliphatic carbocycles. The van der Waals surface area contributed by atoms with Crippen LogP contribution in [0.4, 0.5) is 0 Å². The highest BCUT2D eigenvalue weighted by molar-refractivity contribution is 4.85. The van der Waals surface area contributed by atoms with E-state index in [0.717, 1.165) is 6.42 Å². The first-order valence-corrected chi connectivity index (χ1v) is 4.84. The highest BCUT2D eigenvalue weighted by Crippen LogP contribution is 2.33. The lowest BCUT2D eigenvalue weighted by molar-refractivity contribution is -0.156. The van der Waals surface area contributed by atoms with E-state index in [0.29, 0.717) is 17.6 Å². The summed E-state index contributed by atoms with van der Waals surface area (Å²) < 4.78 is 0. The van der Waals surface area contributed by atoms with Crippen LogP contribution in [0.15, 0.2) is 0 Å². The van der Waals surface area contributed by atoms with E-state index in [-0.39, 0.29) is 0 Å². The van der Waals surface area contributed by atoms with Crippen LogP contribution in [0.2, 0.25) is 0 Å². The molecule has 2 heteroatoms. The quantitative estimate of drug-likeness (QED) is 0.601. The van der Waals surface area contributed by atoms with E-state index in [2.05, 4.69) is 27.7 Å². The third kappa shape index (κ3) is 1.99. The highest BCUT2D eigenvalue weighted by Gasteiger charge is 2.37. The van der Waals surface area contributed by atoms with Gasteiger partial charge in [-0.05, 0) is 18.3 Å². The summed E-state index contributed by atoms with van der Waals surface area (Å²) in [5.41, 5.74) is 0.332. The summed E-state index contributed by atoms with van der Waals surface area (Å²) in [6.07, 6.45) is 2.74. The number of nitrogens with zero attached hydrogens (tertiary/aromatic N) is 1. The molecule has 1 fully saturated rings. The lowest BCUT2D eigenvalue weighted by Gasteiger charge is -2.30. The second kappa shape index (κ2) is 3.35. The Morgan fingerprint density at radius 1 is 1.42 bits per heavy atom. The van der Waals surface area contributed by atoms with Crippen molar-refractivity contribution >= 4 is 0 Å². The number of hydrogen-bond acceptors (Lipinski definition) is 2. The van der Waals surface area contributed by atoms with Crippen molar-refractivity contribution in [3.05, 3.63) is 0 Å². The minimum absolute atomic E-state index is 0.332. The van der Waals surface area contributed by atoms with Crippen LogP contribution in [0.25, 0.3) is 0 Å². The largest absolute Gasteiger partial charge is 0.296 e. The molecule has 0 saturated carbocycles. The molecular weight excluding hydrogens is 150 g/mol. The van der Waals surface area contributed by atoms with Crippen molar-refractivity contribution in [1.29, 1.82) is 0 Å². The highest BCUT2D eigenvalue weighted by atomic mass is 16.7. The number of rotatable bonds is 1. The molecule has 0 radical (unpaired) electrons. The van der Waals surface area contributed by atoms with Gasteiger partial charge in [-0.15, -0.1) is 0 Å². The standard InChI is InChI=1S/C10H21NO/c1-6-8-7-9(10(2,3)4)11(5)12-8/h8-9H,6-7H2,1-5H3. The third-order valence-corrected chi connectivity index (χ3v) is 2.70. The van der Waals surface area contributed by atoms with Gasteiger partial charge in [0.05, 0.1) is 6.10 Å². The zero-order valence-electron chi connectivity index (χ0n) is 8.92. The molecule has 12 heavy (non-hydrogen) atoms. The maximum atomic E-state index is 5.68. The van der Waals surface area contributed by atoms with E-state index < -0.39 is 0 Å². The van der Waals surface area contributed by atoms with Gasteiger partial charge >= 0.3 is 0 Å². The summed E-state index contributed by atoms with van der Waals surface area (Å²) in [6.45, 7) is 9.00. The van der Waals surface area contributed by atoms with E-state index in [9.17, 15) is 0 Å². The summed E-state index contributed by atoms with van der Waals surface area (Å²) in [4.78, 5) is 5.68. The van der Waals surface area contributed by atoms with Crippen LogP contribution in [0, 0.1) is 5.41 Å². The van der Waals surface area contributed by atoms with Crippen molar-refractivity contribution < 1.29 is 4.84 Å². The van der Waals surface area contributed by atoms with Gasteiger partial charge in [0.1, 0.15) is 0 Å². The molecule has 0 bridgehead atoms. The molecule has 0 spiro atoms. The molecule has 1 aliphatic heterocycles. The molecule has 2 unspecified atom stereocenters. The van der Waals surface area contributed by atoms with E-state index >= 15 is 0 Å². The number of hydroxylamine groups is 2. The van der Waals surface area contributed by atoms with E-state index in [1.165, 1.54) is 6.42 Å². The second-order valence-corrected chi connectivity index (χ2v) is 4.80. The molecule has 1 aliphatic rings. The fourth-order valence-electron chi connectivity index (χ4n) is 1.89. The molecule has 1 saturated heterocycles. The van der Waals surface area contributed by atoms with Crippen LogP contribution in [0.5, 0.6) is 0 Å². The Morgan fingerprint density at radius 3 is 2.25 bits per heavy atom. The van der Waals surface area contributed by atoms with Crippen LogP contribution >= 0.6 is 0 Å². The van der Waals surface area contributed by atoms with Crippen molar-refractivity contribution in [3.8, 4) is 0 Å². The Balaban J connectivity index is 2.58. The van der Waals surface area contributed by atoms with Crippen molar-refractivity contribution in [2.45, 2.75) is 52.7 Å². The monoisotopic (exact) mass is 171 g/mol. The van der Waals surface area contributed by atoms with Crippen LogP contribution in [0.3, 0.4) is 0 Å². The Labute approximate surface area is 75.8 Å². The Hall–Kier alpha value is -0.0800. The van der Waals surface area contributed by atoms with E-state index in [1.807, 2.05) is 12.1 Å². The van der Waals surface area contributed by atoms with Gasteiger partial charge in [0, 0.05) is 13.1 Å². The maximum Gasteiger partial charge on any atom is 0.0806 e. The second-order valence-electron chi connectivity index (χ2n) is 4.80. The minimum atomic E-state index is 0.332. The predicted octanol–water partition coefficient (Wildman–Crippen LogP) is 2.45. The average molecular weight is 171 g/mol. The van der Waals surface area contributed by atoms with Crippen LogP contribution < -0.4 is 0 Å². The molecule has 1 rings (SSSR count). The molecular formula is C10H21NO. The topological polar surface area (TPSA) is 12.5 Å². The fraction of sp³-hybridized carbons (Fsp3) is 1.00. The smallest absolute Gasteiger partial charge is 0.0806 e. The van der Waals surface area contributed by atoms with E-state index in [4.69, 9.17) is 4.84 Å². The molecule has 0 N–H and O–H groups in total. The zero-order valence-corrected chi connectivity index (χ0v) is 8.92. The predicted molar refractivity (Wildman–Crippen MR) is 50.8 cm³/mol. The van der Waals surface area contributed by atoms with Gasteiger partial charge < -0.3 is 0 Å². The van der Waals surface area contributed by atoms with E-state index in [1.54, 1.807) is 0 Å². The Kier molecular flexibility index (Phi) is 2.79. The lowest BCUT2D eigenvalue weighted by Crippen LogP contribution is -2.35. The van der Waals surface area contributed by atoms with Crippen LogP contribution in [0.1, 0.15) is 40.5 Å². The first kappa shape index (κ1) is 10.0. The fourth-order valence-corrected chi connectivity index (χ4v) is 1.89. The van der Waals surface area contributed by atoms with Gasteiger partial charge in [-0.3, -0.25) is 4.84 Å². The van der Waals surface area contributed by atoms with Crippen molar-refractivity contribution in [2.24, 2.45) is 5.41 Å². The van der Waals surface area contributed by atoms with Gasteiger partial charge in [-0.2, -0.15) is 5.06 Å². The third-order valence-electron chi connectivity index (χ3n) is 2.70.